The first-order chi connectivity index (χ1) is 7.76. The molecule has 2 heteroatoms. The second kappa shape index (κ2) is 3.59. The fraction of sp³-hybridized carbons (Fsp3) is 0.533. The highest BCUT2D eigenvalue weighted by Crippen LogP contribution is 2.65. The van der Waals surface area contributed by atoms with Gasteiger partial charge in [-0.15, -0.1) is 0 Å². The van der Waals surface area contributed by atoms with E-state index in [9.17, 15) is 9.90 Å². The SMILES string of the molecule is Cc1cc(C)c([C@H]2[C@H](C(=O)O)C2(C)C)c(C)c1. The van der Waals surface area contributed by atoms with Gasteiger partial charge in [0, 0.05) is 5.92 Å². The summed E-state index contributed by atoms with van der Waals surface area (Å²) < 4.78 is 0. The summed E-state index contributed by atoms with van der Waals surface area (Å²) in [5, 5.41) is 9.26. The minimum absolute atomic E-state index is 0.114. The van der Waals surface area contributed by atoms with Crippen molar-refractivity contribution in [2.24, 2.45) is 11.3 Å². The van der Waals surface area contributed by atoms with Crippen molar-refractivity contribution >= 4 is 5.97 Å². The van der Waals surface area contributed by atoms with Crippen LogP contribution in [-0.4, -0.2) is 11.1 Å². The lowest BCUT2D eigenvalue weighted by molar-refractivity contribution is -0.139. The number of hydrogen-bond acceptors (Lipinski definition) is 1. The molecule has 1 saturated carbocycles. The number of rotatable bonds is 2. The van der Waals surface area contributed by atoms with Gasteiger partial charge in [0.2, 0.25) is 0 Å². The highest BCUT2D eigenvalue weighted by atomic mass is 16.4. The topological polar surface area (TPSA) is 37.3 Å². The molecule has 2 rings (SSSR count). The third-order valence-corrected chi connectivity index (χ3v) is 4.14. The first-order valence-corrected chi connectivity index (χ1v) is 6.07. The average Bonchev–Trinajstić information content (AvgIpc) is 2.67. The lowest BCUT2D eigenvalue weighted by atomic mass is 9.93. The molecule has 2 nitrogen and oxygen atoms in total. The van der Waals surface area contributed by atoms with Crippen molar-refractivity contribution < 1.29 is 9.90 Å². The van der Waals surface area contributed by atoms with Gasteiger partial charge in [0.15, 0.2) is 0 Å². The van der Waals surface area contributed by atoms with Crippen molar-refractivity contribution in [1.29, 1.82) is 0 Å². The van der Waals surface area contributed by atoms with Gasteiger partial charge in [0.1, 0.15) is 0 Å². The molecule has 0 aromatic heterocycles. The zero-order valence-corrected chi connectivity index (χ0v) is 11.2. The van der Waals surface area contributed by atoms with Crippen LogP contribution in [0.25, 0.3) is 0 Å². The normalized spacial score (nSPS) is 25.7. The molecule has 1 N–H and O–H groups in total. The Morgan fingerprint density at radius 2 is 1.65 bits per heavy atom. The molecule has 0 aliphatic heterocycles. The molecule has 0 bridgehead atoms. The van der Waals surface area contributed by atoms with Crippen molar-refractivity contribution in [3.8, 4) is 0 Å². The van der Waals surface area contributed by atoms with Crippen molar-refractivity contribution in [3.05, 3.63) is 34.4 Å². The molecular formula is C15H20O2. The van der Waals surface area contributed by atoms with Crippen molar-refractivity contribution in [2.75, 3.05) is 0 Å². The van der Waals surface area contributed by atoms with Crippen LogP contribution < -0.4 is 0 Å². The summed E-state index contributed by atoms with van der Waals surface area (Å²) in [4.78, 5) is 11.3. The summed E-state index contributed by atoms with van der Waals surface area (Å²) >= 11 is 0. The summed E-state index contributed by atoms with van der Waals surface area (Å²) in [7, 11) is 0. The third kappa shape index (κ3) is 1.76. The smallest absolute Gasteiger partial charge is 0.307 e. The maximum atomic E-state index is 11.3. The molecule has 2 atom stereocenters. The zero-order chi connectivity index (χ0) is 13.0. The summed E-state index contributed by atoms with van der Waals surface area (Å²) in [5.74, 6) is -0.734. The number of carbonyl (C=O) groups is 1. The van der Waals surface area contributed by atoms with Gasteiger partial charge in [-0.25, -0.2) is 0 Å². The van der Waals surface area contributed by atoms with E-state index in [-0.39, 0.29) is 17.3 Å². The quantitative estimate of drug-likeness (QED) is 0.848. The van der Waals surface area contributed by atoms with E-state index in [2.05, 4.69) is 46.8 Å². The van der Waals surface area contributed by atoms with Gasteiger partial charge in [-0.1, -0.05) is 31.5 Å². The maximum Gasteiger partial charge on any atom is 0.307 e. The Bertz CT molecular complexity index is 463. The average molecular weight is 232 g/mol. The van der Waals surface area contributed by atoms with Crippen LogP contribution in [0.2, 0.25) is 0 Å². The molecule has 0 amide bonds. The molecule has 0 saturated heterocycles. The highest BCUT2D eigenvalue weighted by Gasteiger charge is 2.63. The lowest BCUT2D eigenvalue weighted by Gasteiger charge is -2.12. The van der Waals surface area contributed by atoms with E-state index in [1.807, 2.05) is 0 Å². The second-order valence-electron chi connectivity index (χ2n) is 5.93. The first kappa shape index (κ1) is 12.2. The Morgan fingerprint density at radius 3 is 2.00 bits per heavy atom. The van der Waals surface area contributed by atoms with E-state index in [0.29, 0.717) is 0 Å². The van der Waals surface area contributed by atoms with E-state index in [1.165, 1.54) is 22.3 Å². The molecule has 0 spiro atoms. The Hall–Kier alpha value is -1.31. The first-order valence-electron chi connectivity index (χ1n) is 6.07. The van der Waals surface area contributed by atoms with Crippen LogP contribution in [0.4, 0.5) is 0 Å². The molecule has 0 radical (unpaired) electrons. The summed E-state index contributed by atoms with van der Waals surface area (Å²) in [6.45, 7) is 10.4. The van der Waals surface area contributed by atoms with Crippen LogP contribution in [0.3, 0.4) is 0 Å². The van der Waals surface area contributed by atoms with Crippen LogP contribution in [0.15, 0.2) is 12.1 Å². The van der Waals surface area contributed by atoms with Crippen LogP contribution >= 0.6 is 0 Å². The van der Waals surface area contributed by atoms with Gasteiger partial charge < -0.3 is 5.11 Å². The van der Waals surface area contributed by atoms with Gasteiger partial charge in [0.05, 0.1) is 5.92 Å². The monoisotopic (exact) mass is 232 g/mol. The molecule has 0 heterocycles. The number of hydrogen-bond donors (Lipinski definition) is 1. The standard InChI is InChI=1S/C15H20O2/c1-8-6-9(2)11(10(3)7-8)12-13(14(16)17)15(12,4)5/h6-7,12-13H,1-5H3,(H,16,17)/t12-,13+/m0/s1. The maximum absolute atomic E-state index is 11.3. The number of carboxylic acid groups (broad SMARTS) is 1. The van der Waals surface area contributed by atoms with E-state index >= 15 is 0 Å². The van der Waals surface area contributed by atoms with Gasteiger partial charge in [0.25, 0.3) is 0 Å². The molecule has 1 aromatic rings. The minimum atomic E-state index is -0.667. The molecule has 17 heavy (non-hydrogen) atoms. The highest BCUT2D eigenvalue weighted by molar-refractivity contribution is 5.78. The van der Waals surface area contributed by atoms with E-state index in [4.69, 9.17) is 0 Å². The molecule has 92 valence electrons. The van der Waals surface area contributed by atoms with Crippen molar-refractivity contribution in [3.63, 3.8) is 0 Å². The van der Waals surface area contributed by atoms with Gasteiger partial charge in [-0.05, 0) is 42.9 Å². The molecule has 0 unspecified atom stereocenters. The van der Waals surface area contributed by atoms with Gasteiger partial charge in [-0.2, -0.15) is 0 Å². The fourth-order valence-electron chi connectivity index (χ4n) is 3.32. The van der Waals surface area contributed by atoms with Gasteiger partial charge in [-0.3, -0.25) is 4.79 Å². The molecular weight excluding hydrogens is 212 g/mol. The predicted molar refractivity (Wildman–Crippen MR) is 68.3 cm³/mol. The van der Waals surface area contributed by atoms with Crippen LogP contribution in [-0.2, 0) is 4.79 Å². The fourth-order valence-corrected chi connectivity index (χ4v) is 3.32. The Balaban J connectivity index is 2.47. The van der Waals surface area contributed by atoms with E-state index in [0.717, 1.165) is 0 Å². The lowest BCUT2D eigenvalue weighted by Crippen LogP contribution is -2.03. The Kier molecular flexibility index (Phi) is 2.57. The van der Waals surface area contributed by atoms with E-state index < -0.39 is 5.97 Å². The molecule has 1 fully saturated rings. The molecule has 1 aliphatic rings. The third-order valence-electron chi connectivity index (χ3n) is 4.14. The predicted octanol–water partition coefficient (Wildman–Crippen LogP) is 3.44. The molecule has 1 aromatic carbocycles. The largest absolute Gasteiger partial charge is 0.481 e. The number of aryl methyl sites for hydroxylation is 3. The van der Waals surface area contributed by atoms with Crippen molar-refractivity contribution in [1.82, 2.24) is 0 Å². The number of aliphatic carboxylic acids is 1. The molecule has 1 aliphatic carbocycles. The van der Waals surface area contributed by atoms with Crippen LogP contribution in [0, 0.1) is 32.1 Å². The van der Waals surface area contributed by atoms with Crippen LogP contribution in [0.5, 0.6) is 0 Å². The number of carboxylic acids is 1. The summed E-state index contributed by atoms with van der Waals surface area (Å²) in [6.07, 6.45) is 0. The second-order valence-corrected chi connectivity index (χ2v) is 5.93. The minimum Gasteiger partial charge on any atom is -0.481 e. The van der Waals surface area contributed by atoms with Gasteiger partial charge >= 0.3 is 5.97 Å². The zero-order valence-electron chi connectivity index (χ0n) is 11.2. The summed E-state index contributed by atoms with van der Waals surface area (Å²) in [6, 6.07) is 4.30. The van der Waals surface area contributed by atoms with Crippen LogP contribution in [0.1, 0.15) is 42.0 Å². The van der Waals surface area contributed by atoms with E-state index in [1.54, 1.807) is 0 Å². The Labute approximate surface area is 103 Å². The Morgan fingerprint density at radius 1 is 1.18 bits per heavy atom. The summed E-state index contributed by atoms with van der Waals surface area (Å²) in [5.41, 5.74) is 4.83. The van der Waals surface area contributed by atoms with Crippen molar-refractivity contribution in [2.45, 2.75) is 40.5 Å². The number of benzene rings is 1.